The van der Waals surface area contributed by atoms with Crippen molar-refractivity contribution < 1.29 is 14.7 Å². The maximum absolute atomic E-state index is 12.4. The molecular formula is C25H25N3O3. The second kappa shape index (κ2) is 9.43. The Morgan fingerprint density at radius 1 is 0.935 bits per heavy atom. The molecule has 4 rings (SSSR count). The summed E-state index contributed by atoms with van der Waals surface area (Å²) in [6, 6.07) is 17.8. The Morgan fingerprint density at radius 3 is 2.45 bits per heavy atom. The summed E-state index contributed by atoms with van der Waals surface area (Å²) in [4.78, 5) is 24.7. The largest absolute Gasteiger partial charge is 0.507 e. The monoisotopic (exact) mass is 415 g/mol. The van der Waals surface area contributed by atoms with Crippen molar-refractivity contribution in [2.24, 2.45) is 11.0 Å². The third-order valence-electron chi connectivity index (χ3n) is 5.70. The SMILES string of the molecule is O=C(NN=Cc1c(O)ccc2ccccc12)c1ccc(NC(=O)C2CCCCC2)cc1. The number of nitrogens with zero attached hydrogens (tertiary/aromatic N) is 1. The van der Waals surface area contributed by atoms with E-state index < -0.39 is 0 Å². The van der Waals surface area contributed by atoms with Gasteiger partial charge in [-0.15, -0.1) is 0 Å². The van der Waals surface area contributed by atoms with Crippen LogP contribution in [0.25, 0.3) is 10.8 Å². The molecule has 1 aliphatic carbocycles. The van der Waals surface area contributed by atoms with Crippen LogP contribution in [0.5, 0.6) is 5.75 Å². The van der Waals surface area contributed by atoms with Crippen LogP contribution in [0.15, 0.2) is 65.8 Å². The van der Waals surface area contributed by atoms with Crippen molar-refractivity contribution in [3.63, 3.8) is 0 Å². The van der Waals surface area contributed by atoms with Crippen LogP contribution in [0, 0.1) is 5.92 Å². The highest BCUT2D eigenvalue weighted by Gasteiger charge is 2.21. The van der Waals surface area contributed by atoms with Crippen molar-refractivity contribution in [2.45, 2.75) is 32.1 Å². The van der Waals surface area contributed by atoms with E-state index in [1.165, 1.54) is 12.6 Å². The van der Waals surface area contributed by atoms with Crippen molar-refractivity contribution >= 4 is 34.5 Å². The molecular weight excluding hydrogens is 390 g/mol. The lowest BCUT2D eigenvalue weighted by Crippen LogP contribution is -2.24. The first-order valence-corrected chi connectivity index (χ1v) is 10.6. The fraction of sp³-hybridized carbons (Fsp3) is 0.240. The minimum atomic E-state index is -0.374. The number of aromatic hydroxyl groups is 1. The number of anilines is 1. The van der Waals surface area contributed by atoms with Gasteiger partial charge in [0, 0.05) is 22.7 Å². The van der Waals surface area contributed by atoms with Gasteiger partial charge in [0.15, 0.2) is 0 Å². The van der Waals surface area contributed by atoms with Gasteiger partial charge in [0.2, 0.25) is 5.91 Å². The lowest BCUT2D eigenvalue weighted by Gasteiger charge is -2.20. The maximum atomic E-state index is 12.4. The van der Waals surface area contributed by atoms with Crippen molar-refractivity contribution in [1.29, 1.82) is 0 Å². The van der Waals surface area contributed by atoms with Gasteiger partial charge in [-0.05, 0) is 53.9 Å². The number of hydrogen-bond donors (Lipinski definition) is 3. The van der Waals surface area contributed by atoms with E-state index in [1.807, 2.05) is 30.3 Å². The van der Waals surface area contributed by atoms with E-state index in [-0.39, 0.29) is 23.5 Å². The number of amides is 2. The number of carbonyl (C=O) groups is 2. The molecule has 0 saturated heterocycles. The minimum Gasteiger partial charge on any atom is -0.507 e. The standard InChI is InChI=1S/C25H25N3O3/c29-23-15-12-17-6-4-5-9-21(17)22(23)16-26-28-25(31)19-10-13-20(14-11-19)27-24(30)18-7-2-1-3-8-18/h4-6,9-16,18,29H,1-3,7-8H2,(H,27,30)(H,28,31). The van der Waals surface area contributed by atoms with Crippen LogP contribution in [0.3, 0.4) is 0 Å². The summed E-state index contributed by atoms with van der Waals surface area (Å²) in [5.41, 5.74) is 4.13. The first-order chi connectivity index (χ1) is 15.1. The maximum Gasteiger partial charge on any atom is 0.271 e. The van der Waals surface area contributed by atoms with E-state index in [0.29, 0.717) is 16.8 Å². The summed E-state index contributed by atoms with van der Waals surface area (Å²) < 4.78 is 0. The summed E-state index contributed by atoms with van der Waals surface area (Å²) in [5.74, 6) is -0.149. The number of phenols is 1. The first-order valence-electron chi connectivity index (χ1n) is 10.6. The zero-order valence-corrected chi connectivity index (χ0v) is 17.2. The van der Waals surface area contributed by atoms with Crippen LogP contribution in [0.2, 0.25) is 0 Å². The van der Waals surface area contributed by atoms with Crippen LogP contribution in [-0.2, 0) is 4.79 Å². The molecule has 0 aromatic heterocycles. The van der Waals surface area contributed by atoms with Gasteiger partial charge < -0.3 is 10.4 Å². The van der Waals surface area contributed by atoms with Crippen LogP contribution in [-0.4, -0.2) is 23.1 Å². The molecule has 0 aliphatic heterocycles. The molecule has 0 atom stereocenters. The Labute approximate surface area is 181 Å². The molecule has 0 bridgehead atoms. The van der Waals surface area contributed by atoms with Gasteiger partial charge in [-0.25, -0.2) is 5.43 Å². The zero-order chi connectivity index (χ0) is 21.6. The normalized spacial score (nSPS) is 14.6. The molecule has 0 unspecified atom stereocenters. The van der Waals surface area contributed by atoms with Gasteiger partial charge in [0.25, 0.3) is 5.91 Å². The molecule has 3 aromatic carbocycles. The predicted molar refractivity (Wildman–Crippen MR) is 122 cm³/mol. The second-order valence-electron chi connectivity index (χ2n) is 7.82. The number of hydrazone groups is 1. The van der Waals surface area contributed by atoms with E-state index in [4.69, 9.17) is 0 Å². The van der Waals surface area contributed by atoms with Gasteiger partial charge in [-0.3, -0.25) is 9.59 Å². The summed E-state index contributed by atoms with van der Waals surface area (Å²) in [6.45, 7) is 0. The molecule has 31 heavy (non-hydrogen) atoms. The van der Waals surface area contributed by atoms with Crippen LogP contribution in [0.1, 0.15) is 48.0 Å². The molecule has 0 spiro atoms. The lowest BCUT2D eigenvalue weighted by molar-refractivity contribution is -0.120. The average molecular weight is 415 g/mol. The van der Waals surface area contributed by atoms with Crippen molar-refractivity contribution in [1.82, 2.24) is 5.43 Å². The Bertz CT molecular complexity index is 1120. The highest BCUT2D eigenvalue weighted by molar-refractivity contribution is 6.03. The third-order valence-corrected chi connectivity index (χ3v) is 5.70. The summed E-state index contributed by atoms with van der Waals surface area (Å²) in [7, 11) is 0. The van der Waals surface area contributed by atoms with Crippen molar-refractivity contribution in [3.05, 3.63) is 71.8 Å². The number of hydrogen-bond acceptors (Lipinski definition) is 4. The van der Waals surface area contributed by atoms with Gasteiger partial charge in [0.1, 0.15) is 5.75 Å². The number of nitrogens with one attached hydrogen (secondary N) is 2. The summed E-state index contributed by atoms with van der Waals surface area (Å²) >= 11 is 0. The Balaban J connectivity index is 1.38. The van der Waals surface area contributed by atoms with E-state index in [1.54, 1.807) is 30.3 Å². The molecule has 6 heteroatoms. The van der Waals surface area contributed by atoms with Crippen LogP contribution >= 0.6 is 0 Å². The topological polar surface area (TPSA) is 90.8 Å². The fourth-order valence-electron chi connectivity index (χ4n) is 3.95. The molecule has 3 N–H and O–H groups in total. The molecule has 0 radical (unpaired) electrons. The minimum absolute atomic E-state index is 0.0522. The van der Waals surface area contributed by atoms with E-state index in [2.05, 4.69) is 15.8 Å². The number of phenolic OH excluding ortho intramolecular Hbond substituents is 1. The van der Waals surface area contributed by atoms with Crippen LogP contribution in [0.4, 0.5) is 5.69 Å². The molecule has 1 fully saturated rings. The van der Waals surface area contributed by atoms with Gasteiger partial charge in [0.05, 0.1) is 6.21 Å². The van der Waals surface area contributed by atoms with Gasteiger partial charge >= 0.3 is 0 Å². The Hall–Kier alpha value is -3.67. The zero-order valence-electron chi connectivity index (χ0n) is 17.2. The lowest BCUT2D eigenvalue weighted by atomic mass is 9.88. The Kier molecular flexibility index (Phi) is 6.26. The smallest absolute Gasteiger partial charge is 0.271 e. The molecule has 0 heterocycles. The van der Waals surface area contributed by atoms with Gasteiger partial charge in [-0.1, -0.05) is 49.6 Å². The van der Waals surface area contributed by atoms with E-state index in [0.717, 1.165) is 36.5 Å². The summed E-state index contributed by atoms with van der Waals surface area (Å²) in [5, 5.41) is 18.9. The quantitative estimate of drug-likeness (QED) is 0.412. The Morgan fingerprint density at radius 2 is 1.68 bits per heavy atom. The fourth-order valence-corrected chi connectivity index (χ4v) is 3.95. The number of benzene rings is 3. The molecule has 158 valence electrons. The average Bonchev–Trinajstić information content (AvgIpc) is 2.81. The third kappa shape index (κ3) is 4.91. The highest BCUT2D eigenvalue weighted by Crippen LogP contribution is 2.26. The number of carbonyl (C=O) groups excluding carboxylic acids is 2. The molecule has 1 saturated carbocycles. The molecule has 6 nitrogen and oxygen atoms in total. The molecule has 2 amide bonds. The van der Waals surface area contributed by atoms with Gasteiger partial charge in [-0.2, -0.15) is 5.10 Å². The summed E-state index contributed by atoms with van der Waals surface area (Å²) in [6.07, 6.45) is 6.74. The predicted octanol–water partition coefficient (Wildman–Crippen LogP) is 4.83. The van der Waals surface area contributed by atoms with Crippen LogP contribution < -0.4 is 10.7 Å². The second-order valence-corrected chi connectivity index (χ2v) is 7.82. The number of rotatable bonds is 5. The van der Waals surface area contributed by atoms with E-state index >= 15 is 0 Å². The first kappa shape index (κ1) is 20.6. The highest BCUT2D eigenvalue weighted by atomic mass is 16.3. The van der Waals surface area contributed by atoms with Crippen molar-refractivity contribution in [2.75, 3.05) is 5.32 Å². The molecule has 3 aromatic rings. The van der Waals surface area contributed by atoms with Crippen molar-refractivity contribution in [3.8, 4) is 5.75 Å². The van der Waals surface area contributed by atoms with E-state index in [9.17, 15) is 14.7 Å². The number of fused-ring (bicyclic) bond motifs is 1. The molecule has 1 aliphatic rings.